The van der Waals surface area contributed by atoms with Crippen LogP contribution in [-0.4, -0.2) is 14.5 Å². The van der Waals surface area contributed by atoms with Crippen LogP contribution in [0.1, 0.15) is 11.4 Å². The predicted octanol–water partition coefficient (Wildman–Crippen LogP) is 3.27. The van der Waals surface area contributed by atoms with Crippen LogP contribution in [0.4, 0.5) is 0 Å². The zero-order chi connectivity index (χ0) is 16.0. The third kappa shape index (κ3) is 2.17. The minimum absolute atomic E-state index is 0.714. The smallest absolute Gasteiger partial charge is 0.252 e. The van der Waals surface area contributed by atoms with Crippen molar-refractivity contribution in [3.05, 3.63) is 71.5 Å². The minimum Gasteiger partial charge on any atom is -0.711 e. The van der Waals surface area contributed by atoms with Gasteiger partial charge in [0.15, 0.2) is 0 Å². The van der Waals surface area contributed by atoms with Gasteiger partial charge < -0.3 is 10.2 Å². The van der Waals surface area contributed by atoms with E-state index in [2.05, 4.69) is 9.97 Å². The Hall–Kier alpha value is -3.08. The van der Waals surface area contributed by atoms with Crippen molar-refractivity contribution in [3.8, 4) is 17.1 Å². The molecule has 2 aromatic heterocycles. The Morgan fingerprint density at radius 3 is 2.43 bits per heavy atom. The van der Waals surface area contributed by atoms with Crippen LogP contribution < -0.4 is 4.73 Å². The molecule has 0 saturated heterocycles. The Bertz CT molecular complexity index is 963. The molecule has 2 aromatic carbocycles. The molecule has 0 atom stereocenters. The van der Waals surface area contributed by atoms with Gasteiger partial charge in [0.2, 0.25) is 0 Å². The zero-order valence-corrected chi connectivity index (χ0v) is 12.9. The summed E-state index contributed by atoms with van der Waals surface area (Å²) in [7, 11) is 0. The molecule has 0 amide bonds. The fourth-order valence-electron chi connectivity index (χ4n) is 2.74. The molecule has 23 heavy (non-hydrogen) atoms. The number of fused-ring (bicyclic) bond motifs is 1. The molecule has 2 heterocycles. The molecular weight excluding hydrogens is 288 g/mol. The lowest BCUT2D eigenvalue weighted by atomic mass is 10.2. The van der Waals surface area contributed by atoms with Gasteiger partial charge in [0, 0.05) is 19.4 Å². The molecule has 0 spiro atoms. The molecule has 0 aliphatic heterocycles. The van der Waals surface area contributed by atoms with Crippen LogP contribution in [0.25, 0.3) is 28.1 Å². The number of benzene rings is 2. The maximum atomic E-state index is 11.7. The van der Waals surface area contributed by atoms with Crippen LogP contribution in [0, 0.1) is 19.1 Å². The number of H-pyrrole nitrogens is 1. The van der Waals surface area contributed by atoms with Crippen molar-refractivity contribution in [2.24, 2.45) is 0 Å². The molecule has 0 bridgehead atoms. The monoisotopic (exact) mass is 304 g/mol. The topological polar surface area (TPSA) is 60.5 Å². The number of para-hydroxylation sites is 2. The minimum atomic E-state index is 0.714. The van der Waals surface area contributed by atoms with Crippen molar-refractivity contribution >= 4 is 11.0 Å². The lowest BCUT2D eigenvalue weighted by Crippen LogP contribution is -2.26. The first kappa shape index (κ1) is 13.6. The number of aromatic amines is 1. The third-order valence-corrected chi connectivity index (χ3v) is 4.24. The summed E-state index contributed by atoms with van der Waals surface area (Å²) in [6, 6.07) is 16.0. The van der Waals surface area contributed by atoms with E-state index in [4.69, 9.17) is 0 Å². The standard InChI is InChI=1S/C18H16N4O/c1-12-13(2)22(23)11-21(12)15-9-7-14(8-10-15)18-19-16-5-3-4-6-17(16)20-18/h3-11H,1-2H3,(H,19,20). The van der Waals surface area contributed by atoms with Crippen molar-refractivity contribution in [1.29, 1.82) is 0 Å². The Balaban J connectivity index is 1.74. The van der Waals surface area contributed by atoms with E-state index in [9.17, 15) is 5.21 Å². The Kier molecular flexibility index (Phi) is 2.94. The molecule has 4 aromatic rings. The molecule has 4 rings (SSSR count). The normalized spacial score (nSPS) is 11.2. The highest BCUT2D eigenvalue weighted by Crippen LogP contribution is 2.22. The number of hydrogen-bond acceptors (Lipinski definition) is 2. The molecule has 0 aliphatic rings. The summed E-state index contributed by atoms with van der Waals surface area (Å²) in [6.07, 6.45) is 1.56. The Labute approximate surface area is 133 Å². The lowest BCUT2D eigenvalue weighted by Gasteiger charge is -2.00. The largest absolute Gasteiger partial charge is 0.711 e. The van der Waals surface area contributed by atoms with E-state index < -0.39 is 0 Å². The molecule has 0 fully saturated rings. The number of nitrogens with zero attached hydrogens (tertiary/aromatic N) is 3. The van der Waals surface area contributed by atoms with Gasteiger partial charge in [-0.1, -0.05) is 12.1 Å². The SMILES string of the molecule is Cc1c(C)[n+]([O-])cn1-c1ccc(-c2nc3ccccc3[nH]2)cc1. The van der Waals surface area contributed by atoms with Crippen LogP contribution in [0.3, 0.4) is 0 Å². The highest BCUT2D eigenvalue weighted by Gasteiger charge is 2.14. The van der Waals surface area contributed by atoms with Gasteiger partial charge in [-0.2, -0.15) is 4.57 Å². The van der Waals surface area contributed by atoms with Crippen LogP contribution in [0.5, 0.6) is 0 Å². The Morgan fingerprint density at radius 2 is 1.78 bits per heavy atom. The molecular formula is C18H16N4O. The number of aromatic nitrogens is 4. The van der Waals surface area contributed by atoms with E-state index in [1.807, 2.05) is 66.9 Å². The lowest BCUT2D eigenvalue weighted by molar-refractivity contribution is -0.611. The maximum Gasteiger partial charge on any atom is 0.252 e. The van der Waals surface area contributed by atoms with Gasteiger partial charge in [0.05, 0.1) is 11.0 Å². The van der Waals surface area contributed by atoms with Gasteiger partial charge in [-0.25, -0.2) is 9.71 Å². The second kappa shape index (κ2) is 4.98. The zero-order valence-electron chi connectivity index (χ0n) is 12.9. The van der Waals surface area contributed by atoms with Crippen LogP contribution in [-0.2, 0) is 0 Å². The van der Waals surface area contributed by atoms with Crippen LogP contribution >= 0.6 is 0 Å². The van der Waals surface area contributed by atoms with E-state index >= 15 is 0 Å². The van der Waals surface area contributed by atoms with E-state index in [-0.39, 0.29) is 0 Å². The summed E-state index contributed by atoms with van der Waals surface area (Å²) < 4.78 is 2.78. The van der Waals surface area contributed by atoms with Gasteiger partial charge in [-0.3, -0.25) is 0 Å². The molecule has 0 radical (unpaired) electrons. The molecule has 5 nitrogen and oxygen atoms in total. The molecule has 0 saturated carbocycles. The highest BCUT2D eigenvalue weighted by molar-refractivity contribution is 5.79. The second-order valence-electron chi connectivity index (χ2n) is 5.63. The molecule has 1 N–H and O–H groups in total. The van der Waals surface area contributed by atoms with Crippen molar-refractivity contribution in [1.82, 2.24) is 14.5 Å². The number of imidazole rings is 2. The van der Waals surface area contributed by atoms with Crippen molar-refractivity contribution < 1.29 is 4.73 Å². The first-order valence-electron chi connectivity index (χ1n) is 7.47. The fourth-order valence-corrected chi connectivity index (χ4v) is 2.74. The summed E-state index contributed by atoms with van der Waals surface area (Å²) in [6.45, 7) is 3.76. The molecule has 0 aliphatic carbocycles. The van der Waals surface area contributed by atoms with Crippen LogP contribution in [0.15, 0.2) is 54.9 Å². The summed E-state index contributed by atoms with van der Waals surface area (Å²) in [5.74, 6) is 0.844. The number of rotatable bonds is 2. The molecule has 5 heteroatoms. The Morgan fingerprint density at radius 1 is 1.04 bits per heavy atom. The number of nitrogens with one attached hydrogen (secondary N) is 1. The van der Waals surface area contributed by atoms with E-state index in [0.29, 0.717) is 5.69 Å². The van der Waals surface area contributed by atoms with Gasteiger partial charge in [-0.05, 0) is 36.4 Å². The summed E-state index contributed by atoms with van der Waals surface area (Å²) in [4.78, 5) is 7.93. The summed E-state index contributed by atoms with van der Waals surface area (Å²) in [5, 5.41) is 11.7. The average Bonchev–Trinajstić information content (AvgIpc) is 3.12. The molecule has 114 valence electrons. The predicted molar refractivity (Wildman–Crippen MR) is 89.3 cm³/mol. The maximum absolute atomic E-state index is 11.7. The molecule has 0 unspecified atom stereocenters. The summed E-state index contributed by atoms with van der Waals surface area (Å²) in [5.41, 5.74) is 5.61. The van der Waals surface area contributed by atoms with Gasteiger partial charge in [0.1, 0.15) is 22.9 Å². The van der Waals surface area contributed by atoms with Crippen molar-refractivity contribution in [3.63, 3.8) is 0 Å². The van der Waals surface area contributed by atoms with Gasteiger partial charge in [-0.15, -0.1) is 0 Å². The average molecular weight is 304 g/mol. The fraction of sp³-hybridized carbons (Fsp3) is 0.111. The third-order valence-electron chi connectivity index (χ3n) is 4.24. The van der Waals surface area contributed by atoms with Crippen molar-refractivity contribution in [2.45, 2.75) is 13.8 Å². The summed E-state index contributed by atoms with van der Waals surface area (Å²) >= 11 is 0. The van der Waals surface area contributed by atoms with Crippen LogP contribution in [0.2, 0.25) is 0 Å². The first-order valence-corrected chi connectivity index (χ1v) is 7.47. The van der Waals surface area contributed by atoms with E-state index in [1.54, 1.807) is 6.33 Å². The van der Waals surface area contributed by atoms with Gasteiger partial charge in [0.25, 0.3) is 6.33 Å². The first-order chi connectivity index (χ1) is 11.1. The quantitative estimate of drug-likeness (QED) is 0.456. The van der Waals surface area contributed by atoms with E-state index in [1.165, 1.54) is 0 Å². The second-order valence-corrected chi connectivity index (χ2v) is 5.63. The van der Waals surface area contributed by atoms with Crippen molar-refractivity contribution in [2.75, 3.05) is 0 Å². The van der Waals surface area contributed by atoms with Gasteiger partial charge >= 0.3 is 0 Å². The highest BCUT2D eigenvalue weighted by atomic mass is 16.5. The van der Waals surface area contributed by atoms with E-state index in [0.717, 1.165) is 38.5 Å². The number of hydrogen-bond donors (Lipinski definition) is 1.